The fourth-order valence-corrected chi connectivity index (χ4v) is 1.79. The number of rotatable bonds is 1. The van der Waals surface area contributed by atoms with Gasteiger partial charge in [0.05, 0.1) is 0 Å². The summed E-state index contributed by atoms with van der Waals surface area (Å²) in [4.78, 5) is 0. The Morgan fingerprint density at radius 2 is 2.22 bits per heavy atom. The van der Waals surface area contributed by atoms with Gasteiger partial charge in [0.1, 0.15) is 0 Å². The van der Waals surface area contributed by atoms with E-state index in [1.165, 1.54) is 19.4 Å². The monoisotopic (exact) mass is 127 g/mol. The molecule has 1 heterocycles. The second-order valence-corrected chi connectivity index (χ2v) is 3.54. The van der Waals surface area contributed by atoms with Crippen molar-refractivity contribution in [1.29, 1.82) is 0 Å². The minimum atomic E-state index is 0.411. The Kier molecular flexibility index (Phi) is 1.80. The average molecular weight is 127 g/mol. The first kappa shape index (κ1) is 7.07. The Labute approximate surface area is 57.8 Å². The molecule has 0 radical (unpaired) electrons. The number of hydrogen-bond acceptors (Lipinski definition) is 1. The molecule has 0 spiro atoms. The molecule has 0 bridgehead atoms. The van der Waals surface area contributed by atoms with Crippen molar-refractivity contribution in [2.24, 2.45) is 5.92 Å². The predicted octanol–water partition coefficient (Wildman–Crippen LogP) is 1.78. The van der Waals surface area contributed by atoms with Crippen molar-refractivity contribution in [3.8, 4) is 0 Å². The lowest BCUT2D eigenvalue weighted by Gasteiger charge is -2.25. The van der Waals surface area contributed by atoms with Crippen LogP contribution in [0.1, 0.15) is 33.6 Å². The van der Waals surface area contributed by atoms with Crippen LogP contribution in [-0.2, 0) is 0 Å². The lowest BCUT2D eigenvalue weighted by Crippen LogP contribution is -2.37. The molecule has 1 fully saturated rings. The van der Waals surface area contributed by atoms with Gasteiger partial charge in [0.2, 0.25) is 0 Å². The van der Waals surface area contributed by atoms with E-state index in [0.29, 0.717) is 5.54 Å². The third kappa shape index (κ3) is 1.26. The van der Waals surface area contributed by atoms with Gasteiger partial charge in [-0.25, -0.2) is 0 Å². The smallest absolute Gasteiger partial charge is 0.0153 e. The second kappa shape index (κ2) is 2.30. The van der Waals surface area contributed by atoms with Crippen molar-refractivity contribution >= 4 is 0 Å². The quantitative estimate of drug-likeness (QED) is 0.566. The van der Waals surface area contributed by atoms with Gasteiger partial charge in [-0.1, -0.05) is 13.3 Å². The van der Waals surface area contributed by atoms with Crippen molar-refractivity contribution < 1.29 is 0 Å². The zero-order chi connectivity index (χ0) is 6.91. The molecular weight excluding hydrogens is 110 g/mol. The van der Waals surface area contributed by atoms with Gasteiger partial charge in [-0.2, -0.15) is 0 Å². The van der Waals surface area contributed by atoms with Crippen molar-refractivity contribution in [3.05, 3.63) is 0 Å². The lowest BCUT2D eigenvalue weighted by atomic mass is 9.87. The zero-order valence-corrected chi connectivity index (χ0v) is 6.70. The Balaban J connectivity index is 2.52. The highest BCUT2D eigenvalue weighted by Gasteiger charge is 2.31. The van der Waals surface area contributed by atoms with E-state index < -0.39 is 0 Å². The summed E-state index contributed by atoms with van der Waals surface area (Å²) in [5.74, 6) is 0.900. The van der Waals surface area contributed by atoms with Gasteiger partial charge in [0.15, 0.2) is 0 Å². The SMILES string of the molecule is CCC1CCNC1(C)C. The maximum absolute atomic E-state index is 3.50. The molecule has 0 aromatic heterocycles. The molecule has 1 rings (SSSR count). The van der Waals surface area contributed by atoms with Gasteiger partial charge in [0.25, 0.3) is 0 Å². The molecule has 1 aliphatic heterocycles. The predicted molar refractivity (Wildman–Crippen MR) is 40.5 cm³/mol. The fourth-order valence-electron chi connectivity index (χ4n) is 1.79. The molecule has 1 atom stereocenters. The molecule has 1 saturated heterocycles. The minimum absolute atomic E-state index is 0.411. The van der Waals surface area contributed by atoms with E-state index in [-0.39, 0.29) is 0 Å². The van der Waals surface area contributed by atoms with Crippen LogP contribution in [0.2, 0.25) is 0 Å². The second-order valence-electron chi connectivity index (χ2n) is 3.54. The maximum atomic E-state index is 3.50. The Hall–Kier alpha value is -0.0400. The van der Waals surface area contributed by atoms with E-state index >= 15 is 0 Å². The maximum Gasteiger partial charge on any atom is 0.0153 e. The van der Waals surface area contributed by atoms with Gasteiger partial charge in [0, 0.05) is 5.54 Å². The molecule has 0 aliphatic carbocycles. The Morgan fingerprint density at radius 3 is 2.44 bits per heavy atom. The van der Waals surface area contributed by atoms with E-state index in [2.05, 4.69) is 26.1 Å². The van der Waals surface area contributed by atoms with Crippen molar-refractivity contribution in [1.82, 2.24) is 5.32 Å². The first-order valence-corrected chi connectivity index (χ1v) is 3.92. The van der Waals surface area contributed by atoms with Crippen LogP contribution in [0.25, 0.3) is 0 Å². The van der Waals surface area contributed by atoms with Crippen molar-refractivity contribution in [2.45, 2.75) is 39.2 Å². The molecule has 1 nitrogen and oxygen atoms in total. The van der Waals surface area contributed by atoms with Crippen molar-refractivity contribution in [3.63, 3.8) is 0 Å². The highest BCUT2D eigenvalue weighted by molar-refractivity contribution is 4.91. The summed E-state index contributed by atoms with van der Waals surface area (Å²) in [6, 6.07) is 0. The molecular formula is C8H17N. The van der Waals surface area contributed by atoms with Crippen LogP contribution in [0.4, 0.5) is 0 Å². The van der Waals surface area contributed by atoms with Crippen LogP contribution in [0.3, 0.4) is 0 Å². The van der Waals surface area contributed by atoms with Crippen LogP contribution in [0, 0.1) is 5.92 Å². The van der Waals surface area contributed by atoms with E-state index in [1.807, 2.05) is 0 Å². The normalized spacial score (nSPS) is 33.0. The summed E-state index contributed by atoms with van der Waals surface area (Å²) in [7, 11) is 0. The van der Waals surface area contributed by atoms with Gasteiger partial charge in [-0.3, -0.25) is 0 Å². The van der Waals surface area contributed by atoms with Crippen LogP contribution in [0.15, 0.2) is 0 Å². The molecule has 1 N–H and O–H groups in total. The highest BCUT2D eigenvalue weighted by atomic mass is 15.0. The van der Waals surface area contributed by atoms with Crippen LogP contribution in [-0.4, -0.2) is 12.1 Å². The summed E-state index contributed by atoms with van der Waals surface area (Å²) in [6.07, 6.45) is 2.68. The molecule has 0 amide bonds. The molecule has 54 valence electrons. The van der Waals surface area contributed by atoms with Gasteiger partial charge in [-0.15, -0.1) is 0 Å². The molecule has 1 heteroatoms. The van der Waals surface area contributed by atoms with Crippen molar-refractivity contribution in [2.75, 3.05) is 6.54 Å². The van der Waals surface area contributed by atoms with Crippen LogP contribution < -0.4 is 5.32 Å². The van der Waals surface area contributed by atoms with Crippen LogP contribution in [0.5, 0.6) is 0 Å². The lowest BCUT2D eigenvalue weighted by molar-refractivity contribution is 0.326. The molecule has 9 heavy (non-hydrogen) atoms. The zero-order valence-electron chi connectivity index (χ0n) is 6.70. The standard InChI is InChI=1S/C8H17N/c1-4-7-5-6-9-8(7,2)3/h7,9H,4-6H2,1-3H3. The van der Waals surface area contributed by atoms with E-state index in [4.69, 9.17) is 0 Å². The van der Waals surface area contributed by atoms with Crippen LogP contribution >= 0.6 is 0 Å². The summed E-state index contributed by atoms with van der Waals surface area (Å²) in [5, 5.41) is 3.50. The minimum Gasteiger partial charge on any atom is -0.312 e. The van der Waals surface area contributed by atoms with E-state index in [9.17, 15) is 0 Å². The van der Waals surface area contributed by atoms with Gasteiger partial charge >= 0.3 is 0 Å². The summed E-state index contributed by atoms with van der Waals surface area (Å²) < 4.78 is 0. The van der Waals surface area contributed by atoms with Gasteiger partial charge < -0.3 is 5.32 Å². The summed E-state index contributed by atoms with van der Waals surface area (Å²) in [6.45, 7) is 8.09. The Morgan fingerprint density at radius 1 is 1.56 bits per heavy atom. The highest BCUT2D eigenvalue weighted by Crippen LogP contribution is 2.27. The first-order chi connectivity index (χ1) is 4.17. The first-order valence-electron chi connectivity index (χ1n) is 3.92. The largest absolute Gasteiger partial charge is 0.312 e. The Bertz CT molecular complexity index is 96.7. The van der Waals surface area contributed by atoms with E-state index in [0.717, 1.165) is 5.92 Å². The molecule has 1 aliphatic rings. The molecule has 0 aromatic rings. The van der Waals surface area contributed by atoms with Gasteiger partial charge in [-0.05, 0) is 32.7 Å². The fraction of sp³-hybridized carbons (Fsp3) is 1.00. The van der Waals surface area contributed by atoms with E-state index in [1.54, 1.807) is 0 Å². The topological polar surface area (TPSA) is 12.0 Å². The molecule has 1 unspecified atom stereocenters. The third-order valence-electron chi connectivity index (χ3n) is 2.59. The summed E-state index contributed by atoms with van der Waals surface area (Å²) in [5.41, 5.74) is 0.411. The number of hydrogen-bond donors (Lipinski definition) is 1. The average Bonchev–Trinajstić information content (AvgIpc) is 2.08. The summed E-state index contributed by atoms with van der Waals surface area (Å²) >= 11 is 0. The molecule has 0 aromatic carbocycles. The third-order valence-corrected chi connectivity index (χ3v) is 2.59. The molecule has 0 saturated carbocycles. The number of nitrogens with one attached hydrogen (secondary N) is 1.